The second-order valence-corrected chi connectivity index (χ2v) is 12.6. The van der Waals surface area contributed by atoms with Gasteiger partial charge in [0.05, 0.1) is 32.1 Å². The number of nitrogens with zero attached hydrogens (tertiary/aromatic N) is 2. The Labute approximate surface area is 229 Å². The lowest BCUT2D eigenvalue weighted by atomic mass is 10.1. The van der Waals surface area contributed by atoms with Crippen LogP contribution in [0.25, 0.3) is 0 Å². The zero-order chi connectivity index (χ0) is 28.0. The lowest BCUT2D eigenvalue weighted by molar-refractivity contribution is -0.890. The van der Waals surface area contributed by atoms with Crippen LogP contribution in [0.15, 0.2) is 33.6 Å². The summed E-state index contributed by atoms with van der Waals surface area (Å²) in [6.07, 6.45) is 23.0. The van der Waals surface area contributed by atoms with Crippen molar-refractivity contribution in [3.63, 3.8) is 0 Å². The molecule has 0 aliphatic carbocycles. The molecule has 0 saturated heterocycles. The number of sulfonamides is 1. The van der Waals surface area contributed by atoms with E-state index in [1.807, 2.05) is 0 Å². The van der Waals surface area contributed by atoms with Gasteiger partial charge < -0.3 is 15.3 Å². The van der Waals surface area contributed by atoms with Crippen molar-refractivity contribution in [2.24, 2.45) is 4.40 Å². The number of quaternary nitrogens is 1. The summed E-state index contributed by atoms with van der Waals surface area (Å²) in [7, 11) is 1.01. The third kappa shape index (κ3) is 21.1. The molecule has 0 atom stereocenters. The molecule has 37 heavy (non-hydrogen) atoms. The Hall–Kier alpha value is -1.60. The van der Waals surface area contributed by atoms with Gasteiger partial charge in [-0.25, -0.2) is 0 Å². The molecular weight excluding hydrogens is 482 g/mol. The molecule has 0 fully saturated rings. The van der Waals surface area contributed by atoms with Crippen molar-refractivity contribution in [1.29, 1.82) is 0 Å². The minimum absolute atomic E-state index is 0.0399. The Balaban J connectivity index is 0.000000785. The van der Waals surface area contributed by atoms with Crippen LogP contribution in [-0.2, 0) is 10.0 Å². The standard InChI is InChI=1S/C22H48N.C8H10N2O3S/c1-5-7-9-11-13-15-17-19-21-23(3,4)22-20-18-16-14-12-10-8-6-2;1-6(11)10-14(12,13)8-4-2-7(9)3-5-8/h5-22H2,1-4H3;2-5H,9H2,1H3,(H,10,11)/q+1;/p-1. The highest BCUT2D eigenvalue weighted by molar-refractivity contribution is 7.90. The molecule has 0 unspecified atom stereocenters. The summed E-state index contributed by atoms with van der Waals surface area (Å²) >= 11 is 0. The summed E-state index contributed by atoms with van der Waals surface area (Å²) in [5.41, 5.74) is 5.83. The average molecular weight is 540 g/mol. The van der Waals surface area contributed by atoms with Crippen LogP contribution in [0.4, 0.5) is 5.69 Å². The van der Waals surface area contributed by atoms with E-state index < -0.39 is 15.9 Å². The van der Waals surface area contributed by atoms with Gasteiger partial charge in [-0.15, -0.1) is 0 Å². The van der Waals surface area contributed by atoms with Crippen molar-refractivity contribution in [3.05, 3.63) is 24.3 Å². The van der Waals surface area contributed by atoms with Gasteiger partial charge in [0.15, 0.2) is 0 Å². The number of nitrogens with two attached hydrogens (primary N) is 1. The first-order chi connectivity index (χ1) is 17.5. The fourth-order valence-electron chi connectivity index (χ4n) is 4.32. The first-order valence-electron chi connectivity index (χ1n) is 14.7. The second kappa shape index (κ2) is 21.3. The van der Waals surface area contributed by atoms with E-state index in [1.165, 1.54) is 145 Å². The average Bonchev–Trinajstić information content (AvgIpc) is 2.82. The van der Waals surface area contributed by atoms with Gasteiger partial charge in [-0.1, -0.05) is 90.9 Å². The highest BCUT2D eigenvalue weighted by atomic mass is 32.2. The summed E-state index contributed by atoms with van der Waals surface area (Å²) in [6.45, 7) is 8.44. The van der Waals surface area contributed by atoms with Crippen LogP contribution in [0, 0.1) is 0 Å². The predicted molar refractivity (Wildman–Crippen MR) is 158 cm³/mol. The van der Waals surface area contributed by atoms with Crippen molar-refractivity contribution in [2.75, 3.05) is 32.9 Å². The summed E-state index contributed by atoms with van der Waals surface area (Å²) in [5, 5.41) is 10.5. The quantitative estimate of drug-likeness (QED) is 0.0629. The van der Waals surface area contributed by atoms with E-state index in [9.17, 15) is 13.5 Å². The maximum absolute atomic E-state index is 11.3. The maximum Gasteiger partial charge on any atom is 0.281 e. The molecule has 1 aromatic carbocycles. The molecule has 0 aromatic heterocycles. The fraction of sp³-hybridized carbons (Fsp3) is 0.767. The van der Waals surface area contributed by atoms with Crippen LogP contribution in [-0.4, -0.2) is 46.0 Å². The molecule has 6 nitrogen and oxygen atoms in total. The third-order valence-electron chi connectivity index (χ3n) is 6.66. The highest BCUT2D eigenvalue weighted by Gasteiger charge is 2.13. The molecule has 1 rings (SSSR count). The van der Waals surface area contributed by atoms with Gasteiger partial charge in [0.25, 0.3) is 10.0 Å². The van der Waals surface area contributed by atoms with E-state index in [0.717, 1.165) is 6.92 Å². The smallest absolute Gasteiger partial charge is 0.281 e. The Bertz CT molecular complexity index is 780. The Morgan fingerprint density at radius 3 is 1.43 bits per heavy atom. The lowest BCUT2D eigenvalue weighted by Crippen LogP contribution is -2.41. The molecule has 216 valence electrons. The van der Waals surface area contributed by atoms with Crippen molar-refractivity contribution >= 4 is 21.6 Å². The number of anilines is 1. The van der Waals surface area contributed by atoms with Gasteiger partial charge >= 0.3 is 0 Å². The van der Waals surface area contributed by atoms with Crippen molar-refractivity contribution in [2.45, 2.75) is 128 Å². The number of hydrogen-bond donors (Lipinski definition) is 1. The minimum atomic E-state index is -3.86. The van der Waals surface area contributed by atoms with Crippen molar-refractivity contribution < 1.29 is 18.0 Å². The van der Waals surface area contributed by atoms with Crippen LogP contribution in [0.2, 0.25) is 0 Å². The van der Waals surface area contributed by atoms with Gasteiger partial charge in [-0.05, 0) is 62.8 Å². The van der Waals surface area contributed by atoms with Crippen LogP contribution in [0.3, 0.4) is 0 Å². The Kier molecular flexibility index (Phi) is 20.4. The first kappa shape index (κ1) is 35.4. The molecular formula is C30H57N3O3S. The van der Waals surface area contributed by atoms with Gasteiger partial charge in [-0.3, -0.25) is 0 Å². The highest BCUT2D eigenvalue weighted by Crippen LogP contribution is 2.14. The van der Waals surface area contributed by atoms with Crippen LogP contribution >= 0.6 is 0 Å². The Morgan fingerprint density at radius 2 is 1.08 bits per heavy atom. The number of hydrogen-bond acceptors (Lipinski definition) is 4. The number of unbranched alkanes of at least 4 members (excludes halogenated alkanes) is 14. The van der Waals surface area contributed by atoms with Gasteiger partial charge in [-0.2, -0.15) is 12.8 Å². The van der Waals surface area contributed by atoms with Crippen LogP contribution in [0.1, 0.15) is 124 Å². The normalized spacial score (nSPS) is 12.3. The molecule has 0 heterocycles. The van der Waals surface area contributed by atoms with Gasteiger partial charge in [0, 0.05) is 5.69 Å². The van der Waals surface area contributed by atoms with Gasteiger partial charge in [0.1, 0.15) is 0 Å². The van der Waals surface area contributed by atoms with Crippen LogP contribution in [0.5, 0.6) is 0 Å². The zero-order valence-electron chi connectivity index (χ0n) is 24.6. The molecule has 0 bridgehead atoms. The summed E-state index contributed by atoms with van der Waals surface area (Å²) in [5.74, 6) is -0.748. The van der Waals surface area contributed by atoms with Gasteiger partial charge in [0.2, 0.25) is 0 Å². The van der Waals surface area contributed by atoms with Crippen molar-refractivity contribution in [1.82, 2.24) is 0 Å². The minimum Gasteiger partial charge on any atom is -0.861 e. The molecule has 0 radical (unpaired) electrons. The molecule has 0 aliphatic rings. The van der Waals surface area contributed by atoms with Crippen molar-refractivity contribution in [3.8, 4) is 0 Å². The molecule has 0 saturated carbocycles. The monoisotopic (exact) mass is 539 g/mol. The molecule has 1 aromatic rings. The first-order valence-corrected chi connectivity index (χ1v) is 16.1. The topological polar surface area (TPSA) is 95.6 Å². The van der Waals surface area contributed by atoms with E-state index in [1.54, 1.807) is 0 Å². The van der Waals surface area contributed by atoms with Crippen LogP contribution < -0.4 is 10.8 Å². The summed E-state index contributed by atoms with van der Waals surface area (Å²) in [6, 6.07) is 5.47. The number of benzene rings is 1. The van der Waals surface area contributed by atoms with E-state index in [2.05, 4.69) is 32.3 Å². The molecule has 0 aliphatic heterocycles. The molecule has 0 spiro atoms. The van der Waals surface area contributed by atoms with E-state index in [4.69, 9.17) is 5.73 Å². The number of rotatable bonds is 20. The summed E-state index contributed by atoms with van der Waals surface area (Å²) in [4.78, 5) is -0.0399. The Morgan fingerprint density at radius 1 is 0.730 bits per heavy atom. The second-order valence-electron chi connectivity index (χ2n) is 11.0. The van der Waals surface area contributed by atoms with E-state index in [0.29, 0.717) is 5.69 Å². The maximum atomic E-state index is 11.3. The predicted octanol–water partition coefficient (Wildman–Crippen LogP) is 7.08. The van der Waals surface area contributed by atoms with E-state index >= 15 is 0 Å². The molecule has 7 heteroatoms. The molecule has 0 amide bonds. The van der Waals surface area contributed by atoms with E-state index in [-0.39, 0.29) is 4.90 Å². The summed E-state index contributed by atoms with van der Waals surface area (Å²) < 4.78 is 26.9. The zero-order valence-corrected chi connectivity index (χ0v) is 25.5. The largest absolute Gasteiger partial charge is 0.861 e. The molecule has 2 N–H and O–H groups in total. The fourth-order valence-corrected chi connectivity index (χ4v) is 5.24. The third-order valence-corrected chi connectivity index (χ3v) is 8.03. The number of nitrogen functional groups attached to an aromatic ring is 1. The SMILES string of the molecule is CC([O-])=NS(=O)(=O)c1ccc(N)cc1.CCCCCCCCCC[N+](C)(C)CCCCCCCCCC. The lowest BCUT2D eigenvalue weighted by Gasteiger charge is -2.30.